The van der Waals surface area contributed by atoms with Gasteiger partial charge in [0.25, 0.3) is 5.91 Å². The van der Waals surface area contributed by atoms with Crippen LogP contribution in [0.2, 0.25) is 0 Å². The highest BCUT2D eigenvalue weighted by molar-refractivity contribution is 5.93. The summed E-state index contributed by atoms with van der Waals surface area (Å²) in [6, 6.07) is 15.4. The van der Waals surface area contributed by atoms with Crippen molar-refractivity contribution in [2.45, 2.75) is 20.0 Å². The van der Waals surface area contributed by atoms with E-state index in [2.05, 4.69) is 21.5 Å². The monoisotopic (exact) mass is 373 g/mol. The summed E-state index contributed by atoms with van der Waals surface area (Å²) in [6.07, 6.45) is 2.19. The average Bonchev–Trinajstić information content (AvgIpc) is 3.08. The molecule has 1 aromatic carbocycles. The first-order valence-electron chi connectivity index (χ1n) is 8.89. The van der Waals surface area contributed by atoms with Crippen LogP contribution in [-0.2, 0) is 4.79 Å². The molecule has 140 valence electrons. The normalized spacial score (nSPS) is 12.1. The van der Waals surface area contributed by atoms with Crippen LogP contribution >= 0.6 is 0 Å². The standard InChI is InChI=1S/C21H19N5O2/c1-13-5-3-6-15(11-13)19-20(26-18(25-19)7-4-9-23-26)16-8-10-22-17(12-16)24-21(28)14(2)27/h3-12,14,27H,1-2H3,(H,22,24,28). The van der Waals surface area contributed by atoms with Gasteiger partial charge >= 0.3 is 0 Å². The number of nitrogens with zero attached hydrogens (tertiary/aromatic N) is 4. The van der Waals surface area contributed by atoms with Crippen LogP contribution in [0.3, 0.4) is 0 Å². The van der Waals surface area contributed by atoms with E-state index in [4.69, 9.17) is 4.98 Å². The van der Waals surface area contributed by atoms with Crippen molar-refractivity contribution in [1.29, 1.82) is 0 Å². The molecule has 0 saturated carbocycles. The van der Waals surface area contributed by atoms with Gasteiger partial charge in [0.1, 0.15) is 17.6 Å². The smallest absolute Gasteiger partial charge is 0.254 e. The van der Waals surface area contributed by atoms with Crippen LogP contribution in [0.15, 0.2) is 60.9 Å². The fourth-order valence-electron chi connectivity index (χ4n) is 3.02. The van der Waals surface area contributed by atoms with Crippen molar-refractivity contribution in [3.63, 3.8) is 0 Å². The van der Waals surface area contributed by atoms with Gasteiger partial charge in [-0.25, -0.2) is 14.5 Å². The molecular weight excluding hydrogens is 354 g/mol. The van der Waals surface area contributed by atoms with Gasteiger partial charge in [0, 0.05) is 23.5 Å². The van der Waals surface area contributed by atoms with E-state index >= 15 is 0 Å². The van der Waals surface area contributed by atoms with Crippen LogP contribution in [0.4, 0.5) is 5.82 Å². The van der Waals surface area contributed by atoms with Crippen LogP contribution in [0.1, 0.15) is 12.5 Å². The number of hydrogen-bond acceptors (Lipinski definition) is 5. The van der Waals surface area contributed by atoms with Gasteiger partial charge in [0.2, 0.25) is 0 Å². The Kier molecular flexibility index (Phi) is 4.58. The number of aromatic nitrogens is 4. The maximum atomic E-state index is 11.8. The molecule has 0 fully saturated rings. The Morgan fingerprint density at radius 3 is 2.75 bits per heavy atom. The highest BCUT2D eigenvalue weighted by atomic mass is 16.3. The molecule has 0 aliphatic heterocycles. The number of hydrogen-bond donors (Lipinski definition) is 2. The summed E-state index contributed by atoms with van der Waals surface area (Å²) >= 11 is 0. The van der Waals surface area contributed by atoms with Crippen molar-refractivity contribution < 1.29 is 9.90 Å². The minimum Gasteiger partial charge on any atom is -0.384 e. The van der Waals surface area contributed by atoms with E-state index in [0.29, 0.717) is 5.82 Å². The zero-order valence-electron chi connectivity index (χ0n) is 15.5. The number of nitrogens with one attached hydrogen (secondary N) is 1. The lowest BCUT2D eigenvalue weighted by Gasteiger charge is -2.09. The molecule has 0 saturated heterocycles. The summed E-state index contributed by atoms with van der Waals surface area (Å²) < 4.78 is 1.77. The molecule has 28 heavy (non-hydrogen) atoms. The number of pyridine rings is 1. The zero-order chi connectivity index (χ0) is 19.7. The van der Waals surface area contributed by atoms with Gasteiger partial charge in [-0.05, 0) is 44.2 Å². The summed E-state index contributed by atoms with van der Waals surface area (Å²) in [6.45, 7) is 3.44. The number of anilines is 1. The zero-order valence-corrected chi connectivity index (χ0v) is 15.5. The van der Waals surface area contributed by atoms with E-state index in [9.17, 15) is 9.90 Å². The van der Waals surface area contributed by atoms with Gasteiger partial charge < -0.3 is 10.4 Å². The number of carbonyl (C=O) groups excluding carboxylic acids is 1. The first kappa shape index (κ1) is 17.8. The van der Waals surface area contributed by atoms with Crippen molar-refractivity contribution in [1.82, 2.24) is 19.6 Å². The molecule has 1 atom stereocenters. The predicted molar refractivity (Wildman–Crippen MR) is 107 cm³/mol. The van der Waals surface area contributed by atoms with E-state index in [-0.39, 0.29) is 0 Å². The average molecular weight is 373 g/mol. The SMILES string of the molecule is Cc1cccc(-c2nc3cccnn3c2-c2ccnc(NC(=O)C(C)O)c2)c1. The third-order valence-electron chi connectivity index (χ3n) is 4.35. The minimum absolute atomic E-state index is 0.351. The van der Waals surface area contributed by atoms with Gasteiger partial charge in [-0.1, -0.05) is 23.8 Å². The Bertz CT molecular complexity index is 1170. The Balaban J connectivity index is 1.89. The summed E-state index contributed by atoms with van der Waals surface area (Å²) in [5.41, 5.74) is 5.23. The van der Waals surface area contributed by atoms with Crippen LogP contribution < -0.4 is 5.32 Å². The molecule has 0 spiro atoms. The molecule has 0 bridgehead atoms. The van der Waals surface area contributed by atoms with Crippen molar-refractivity contribution in [2.75, 3.05) is 5.32 Å². The second kappa shape index (κ2) is 7.21. The van der Waals surface area contributed by atoms with E-state index in [1.165, 1.54) is 6.92 Å². The third kappa shape index (κ3) is 3.35. The number of aryl methyl sites for hydroxylation is 1. The van der Waals surface area contributed by atoms with Crippen molar-refractivity contribution in [3.05, 3.63) is 66.5 Å². The summed E-state index contributed by atoms with van der Waals surface area (Å²) in [7, 11) is 0. The molecule has 3 aromatic heterocycles. The fraction of sp³-hybridized carbons (Fsp3) is 0.143. The molecule has 7 heteroatoms. The molecule has 3 heterocycles. The molecule has 2 N–H and O–H groups in total. The number of imidazole rings is 1. The van der Waals surface area contributed by atoms with Crippen LogP contribution in [0.5, 0.6) is 0 Å². The largest absolute Gasteiger partial charge is 0.384 e. The summed E-state index contributed by atoms with van der Waals surface area (Å²) in [5, 5.41) is 16.5. The van der Waals surface area contributed by atoms with E-state index in [1.54, 1.807) is 23.0 Å². The van der Waals surface area contributed by atoms with Crippen LogP contribution in [-0.4, -0.2) is 36.7 Å². The van der Waals surface area contributed by atoms with Crippen LogP contribution in [0, 0.1) is 6.92 Å². The molecule has 4 rings (SSSR count). The molecule has 0 radical (unpaired) electrons. The lowest BCUT2D eigenvalue weighted by atomic mass is 10.0. The lowest BCUT2D eigenvalue weighted by Crippen LogP contribution is -2.24. The van der Waals surface area contributed by atoms with Gasteiger partial charge in [-0.15, -0.1) is 0 Å². The first-order valence-corrected chi connectivity index (χ1v) is 8.89. The van der Waals surface area contributed by atoms with Crippen molar-refractivity contribution >= 4 is 17.4 Å². The predicted octanol–water partition coefficient (Wildman–Crippen LogP) is 3.09. The number of carbonyl (C=O) groups is 1. The maximum Gasteiger partial charge on any atom is 0.254 e. The summed E-state index contributed by atoms with van der Waals surface area (Å²) in [5.74, 6) is -0.163. The third-order valence-corrected chi connectivity index (χ3v) is 4.35. The topological polar surface area (TPSA) is 92.4 Å². The number of amides is 1. The van der Waals surface area contributed by atoms with Crippen molar-refractivity contribution in [2.24, 2.45) is 0 Å². The number of benzene rings is 1. The minimum atomic E-state index is -1.12. The molecule has 4 aromatic rings. The van der Waals surface area contributed by atoms with E-state index in [1.807, 2.05) is 43.3 Å². The molecule has 0 aliphatic rings. The highest BCUT2D eigenvalue weighted by Gasteiger charge is 2.18. The fourth-order valence-corrected chi connectivity index (χ4v) is 3.02. The van der Waals surface area contributed by atoms with Crippen molar-refractivity contribution in [3.8, 4) is 22.5 Å². The van der Waals surface area contributed by atoms with E-state index in [0.717, 1.165) is 33.7 Å². The van der Waals surface area contributed by atoms with Gasteiger partial charge in [-0.3, -0.25) is 4.79 Å². The Labute approximate surface area is 161 Å². The van der Waals surface area contributed by atoms with Gasteiger partial charge in [0.05, 0.1) is 5.69 Å². The maximum absolute atomic E-state index is 11.8. The Hall–Kier alpha value is -3.58. The Morgan fingerprint density at radius 1 is 1.11 bits per heavy atom. The Morgan fingerprint density at radius 2 is 1.96 bits per heavy atom. The van der Waals surface area contributed by atoms with E-state index < -0.39 is 12.0 Å². The highest BCUT2D eigenvalue weighted by Crippen LogP contribution is 2.33. The number of aliphatic hydroxyl groups excluding tert-OH is 1. The second-order valence-corrected chi connectivity index (χ2v) is 6.57. The van der Waals surface area contributed by atoms with Crippen LogP contribution in [0.25, 0.3) is 28.2 Å². The lowest BCUT2D eigenvalue weighted by molar-refractivity contribution is -0.123. The summed E-state index contributed by atoms with van der Waals surface area (Å²) in [4.78, 5) is 20.8. The molecular formula is C21H19N5O2. The quantitative estimate of drug-likeness (QED) is 0.573. The second-order valence-electron chi connectivity index (χ2n) is 6.57. The molecule has 0 aliphatic carbocycles. The number of rotatable bonds is 4. The molecule has 1 unspecified atom stereocenters. The number of fused-ring (bicyclic) bond motifs is 1. The molecule has 7 nitrogen and oxygen atoms in total. The van der Waals surface area contributed by atoms with Gasteiger partial charge in [-0.2, -0.15) is 5.10 Å². The number of aliphatic hydroxyl groups is 1. The van der Waals surface area contributed by atoms with Gasteiger partial charge in [0.15, 0.2) is 5.65 Å². The first-order chi connectivity index (χ1) is 13.5. The molecule has 1 amide bonds.